The van der Waals surface area contributed by atoms with Crippen molar-refractivity contribution in [3.63, 3.8) is 0 Å². The minimum Gasteiger partial charge on any atom is -0.470 e. The van der Waals surface area contributed by atoms with Crippen LogP contribution in [0.15, 0.2) is 53.3 Å². The number of benzene rings is 1. The third-order valence-corrected chi connectivity index (χ3v) is 3.65. The molecule has 0 spiro atoms. The topological polar surface area (TPSA) is 69.3 Å². The molecule has 0 aliphatic carbocycles. The fourth-order valence-electron chi connectivity index (χ4n) is 1.95. The number of carbonyl (C=O) groups excluding carboxylic acids is 1. The predicted molar refractivity (Wildman–Crippen MR) is 89.2 cm³/mol. The molecule has 0 bridgehead atoms. The maximum atomic E-state index is 12.0. The first-order chi connectivity index (χ1) is 11.6. The highest BCUT2D eigenvalue weighted by Gasteiger charge is 2.10. The van der Waals surface area contributed by atoms with Gasteiger partial charge in [0.15, 0.2) is 6.73 Å². The number of hydrogen-bond donors (Lipinski definition) is 1. The van der Waals surface area contributed by atoms with Crippen molar-refractivity contribution < 1.29 is 13.9 Å². The van der Waals surface area contributed by atoms with E-state index in [9.17, 15) is 4.79 Å². The van der Waals surface area contributed by atoms with Gasteiger partial charge in [-0.05, 0) is 36.4 Å². The zero-order chi connectivity index (χ0) is 16.9. The second-order valence-corrected chi connectivity index (χ2v) is 5.69. The summed E-state index contributed by atoms with van der Waals surface area (Å²) in [5, 5.41) is 7.81. The van der Waals surface area contributed by atoms with Crippen molar-refractivity contribution in [2.45, 2.75) is 13.3 Å². The van der Waals surface area contributed by atoms with Crippen LogP contribution < -0.4 is 10.1 Å². The Balaban J connectivity index is 1.55. The third-order valence-electron chi connectivity index (χ3n) is 3.12. The van der Waals surface area contributed by atoms with E-state index in [0.29, 0.717) is 28.1 Å². The zero-order valence-corrected chi connectivity index (χ0v) is 13.9. The normalized spacial score (nSPS) is 10.6. The Labute approximate surface area is 147 Å². The van der Waals surface area contributed by atoms with Crippen LogP contribution in [0, 0.1) is 0 Å². The van der Waals surface area contributed by atoms with Crippen molar-refractivity contribution in [2.24, 2.45) is 0 Å². The van der Waals surface area contributed by atoms with E-state index in [1.807, 2.05) is 0 Å². The van der Waals surface area contributed by atoms with Gasteiger partial charge in [-0.1, -0.05) is 23.2 Å². The number of rotatable bonds is 6. The molecule has 0 saturated heterocycles. The van der Waals surface area contributed by atoms with E-state index in [1.165, 1.54) is 4.68 Å². The first kappa shape index (κ1) is 16.4. The lowest BCUT2D eigenvalue weighted by Crippen LogP contribution is -2.23. The van der Waals surface area contributed by atoms with Gasteiger partial charge >= 0.3 is 0 Å². The molecule has 3 rings (SSSR count). The summed E-state index contributed by atoms with van der Waals surface area (Å²) in [7, 11) is 0. The van der Waals surface area contributed by atoms with E-state index >= 15 is 0 Å². The molecule has 6 nitrogen and oxygen atoms in total. The van der Waals surface area contributed by atoms with Crippen LogP contribution in [0.4, 0.5) is 0 Å². The summed E-state index contributed by atoms with van der Waals surface area (Å²) in [5.74, 6) is 0.860. The largest absolute Gasteiger partial charge is 0.470 e. The van der Waals surface area contributed by atoms with Gasteiger partial charge in [0, 0.05) is 11.2 Å². The van der Waals surface area contributed by atoms with E-state index in [-0.39, 0.29) is 18.3 Å². The molecule has 2 aromatic heterocycles. The number of halogens is 2. The summed E-state index contributed by atoms with van der Waals surface area (Å²) in [4.78, 5) is 12.0. The summed E-state index contributed by atoms with van der Waals surface area (Å²) < 4.78 is 12.2. The molecule has 0 aliphatic rings. The lowest BCUT2D eigenvalue weighted by Gasteiger charge is -2.08. The van der Waals surface area contributed by atoms with Gasteiger partial charge in [0.25, 0.3) is 5.91 Å². The highest BCUT2D eigenvalue weighted by Crippen LogP contribution is 2.27. The van der Waals surface area contributed by atoms with Crippen LogP contribution in [0.5, 0.6) is 5.75 Å². The summed E-state index contributed by atoms with van der Waals surface area (Å²) in [6.45, 7) is 0.419. The molecular weight excluding hydrogens is 353 g/mol. The Morgan fingerprint density at radius 2 is 2.17 bits per heavy atom. The molecule has 1 aromatic carbocycles. The van der Waals surface area contributed by atoms with E-state index in [4.69, 9.17) is 32.4 Å². The predicted octanol–water partition coefficient (Wildman–Crippen LogP) is 3.75. The first-order valence-corrected chi connectivity index (χ1v) is 7.79. The van der Waals surface area contributed by atoms with Crippen molar-refractivity contribution in [3.8, 4) is 5.75 Å². The number of furan rings is 1. The Kier molecular flexibility index (Phi) is 5.08. The van der Waals surface area contributed by atoms with Crippen LogP contribution in [0.2, 0.25) is 10.0 Å². The van der Waals surface area contributed by atoms with Gasteiger partial charge in [-0.3, -0.25) is 4.79 Å². The van der Waals surface area contributed by atoms with E-state index < -0.39 is 0 Å². The standard InChI is InChI=1S/C16H13Cl2N3O3/c17-11-3-4-15(13(18)8-11)24-10-21-6-5-14(20-21)16(22)19-9-12-2-1-7-23-12/h1-8H,9-10H2,(H,19,22). The fourth-order valence-corrected chi connectivity index (χ4v) is 2.42. The summed E-state index contributed by atoms with van der Waals surface area (Å²) in [5.41, 5.74) is 0.285. The molecule has 24 heavy (non-hydrogen) atoms. The summed E-state index contributed by atoms with van der Waals surface area (Å²) >= 11 is 11.9. The maximum Gasteiger partial charge on any atom is 0.272 e. The minimum atomic E-state index is -0.297. The van der Waals surface area contributed by atoms with Crippen LogP contribution in [-0.2, 0) is 13.3 Å². The Morgan fingerprint density at radius 1 is 1.29 bits per heavy atom. The van der Waals surface area contributed by atoms with E-state index in [2.05, 4.69) is 10.4 Å². The number of hydrogen-bond acceptors (Lipinski definition) is 4. The lowest BCUT2D eigenvalue weighted by atomic mass is 10.3. The summed E-state index contributed by atoms with van der Waals surface area (Å²) in [6, 6.07) is 10.1. The number of nitrogens with zero attached hydrogens (tertiary/aromatic N) is 2. The third kappa shape index (κ3) is 4.10. The van der Waals surface area contributed by atoms with Crippen LogP contribution in [-0.4, -0.2) is 15.7 Å². The van der Waals surface area contributed by atoms with Gasteiger partial charge in [-0.25, -0.2) is 4.68 Å². The van der Waals surface area contributed by atoms with E-state index in [1.54, 1.807) is 48.9 Å². The average Bonchev–Trinajstić information content (AvgIpc) is 3.23. The molecule has 0 saturated carbocycles. The first-order valence-electron chi connectivity index (χ1n) is 7.04. The molecule has 0 fully saturated rings. The lowest BCUT2D eigenvalue weighted by molar-refractivity contribution is 0.0941. The smallest absolute Gasteiger partial charge is 0.272 e. The number of amides is 1. The Bertz CT molecular complexity index is 831. The van der Waals surface area contributed by atoms with Gasteiger partial charge in [0.2, 0.25) is 0 Å². The molecule has 124 valence electrons. The van der Waals surface area contributed by atoms with Crippen LogP contribution in [0.3, 0.4) is 0 Å². The highest BCUT2D eigenvalue weighted by molar-refractivity contribution is 6.35. The quantitative estimate of drug-likeness (QED) is 0.722. The van der Waals surface area contributed by atoms with Crippen molar-refractivity contribution in [1.29, 1.82) is 0 Å². The van der Waals surface area contributed by atoms with E-state index in [0.717, 1.165) is 0 Å². The Hall–Kier alpha value is -2.44. The fraction of sp³-hybridized carbons (Fsp3) is 0.125. The molecule has 0 unspecified atom stereocenters. The van der Waals surface area contributed by atoms with Crippen LogP contribution in [0.1, 0.15) is 16.2 Å². The summed E-state index contributed by atoms with van der Waals surface area (Å²) in [6.07, 6.45) is 3.20. The van der Waals surface area contributed by atoms with Crippen LogP contribution >= 0.6 is 23.2 Å². The van der Waals surface area contributed by atoms with Gasteiger partial charge in [-0.15, -0.1) is 0 Å². The second kappa shape index (κ2) is 7.42. The maximum absolute atomic E-state index is 12.0. The number of carbonyl (C=O) groups is 1. The number of aromatic nitrogens is 2. The molecule has 3 aromatic rings. The monoisotopic (exact) mass is 365 g/mol. The second-order valence-electron chi connectivity index (χ2n) is 4.85. The van der Waals surface area contributed by atoms with Gasteiger partial charge in [-0.2, -0.15) is 5.10 Å². The SMILES string of the molecule is O=C(NCc1ccco1)c1ccn(COc2ccc(Cl)cc2Cl)n1. The highest BCUT2D eigenvalue weighted by atomic mass is 35.5. The van der Waals surface area contributed by atoms with Crippen molar-refractivity contribution in [2.75, 3.05) is 0 Å². The molecule has 0 radical (unpaired) electrons. The zero-order valence-electron chi connectivity index (χ0n) is 12.4. The van der Waals surface area contributed by atoms with Crippen molar-refractivity contribution >= 4 is 29.1 Å². The van der Waals surface area contributed by atoms with Gasteiger partial charge in [0.1, 0.15) is 17.2 Å². The van der Waals surface area contributed by atoms with Crippen molar-refractivity contribution in [3.05, 3.63) is 70.4 Å². The molecule has 1 amide bonds. The average molecular weight is 366 g/mol. The number of ether oxygens (including phenoxy) is 1. The molecule has 2 heterocycles. The number of nitrogens with one attached hydrogen (secondary N) is 1. The van der Waals surface area contributed by atoms with Crippen molar-refractivity contribution in [1.82, 2.24) is 15.1 Å². The van der Waals surface area contributed by atoms with Crippen LogP contribution in [0.25, 0.3) is 0 Å². The molecule has 0 aliphatic heterocycles. The molecular formula is C16H13Cl2N3O3. The van der Waals surface area contributed by atoms with Gasteiger partial charge < -0.3 is 14.5 Å². The molecule has 8 heteroatoms. The molecule has 0 atom stereocenters. The minimum absolute atomic E-state index is 0.118. The van der Waals surface area contributed by atoms with Gasteiger partial charge in [0.05, 0.1) is 17.8 Å². The Morgan fingerprint density at radius 3 is 2.92 bits per heavy atom. The molecule has 1 N–H and O–H groups in total.